The van der Waals surface area contributed by atoms with Gasteiger partial charge in [-0.05, 0) is 25.1 Å². The molecule has 2 rings (SSSR count). The number of rotatable bonds is 5. The van der Waals surface area contributed by atoms with Gasteiger partial charge >= 0.3 is 0 Å². The molecule has 2 unspecified atom stereocenters. The zero-order valence-electron chi connectivity index (χ0n) is 11.5. The number of carbonyl (C=O) groups is 1. The molecule has 0 aromatic carbocycles. The Balaban J connectivity index is 2.02. The van der Waals surface area contributed by atoms with Crippen LogP contribution in [0.2, 0.25) is 0 Å². The Morgan fingerprint density at radius 1 is 1.58 bits per heavy atom. The van der Waals surface area contributed by atoms with E-state index in [0.29, 0.717) is 13.2 Å². The Bertz CT molecular complexity index is 410. The minimum absolute atomic E-state index is 0.0825. The van der Waals surface area contributed by atoms with Crippen LogP contribution < -0.4 is 10.2 Å². The summed E-state index contributed by atoms with van der Waals surface area (Å²) in [5.41, 5.74) is 0.814. The van der Waals surface area contributed by atoms with Gasteiger partial charge in [-0.2, -0.15) is 0 Å². The van der Waals surface area contributed by atoms with Gasteiger partial charge in [-0.25, -0.2) is 0 Å². The average Bonchev–Trinajstić information content (AvgIpc) is 2.92. The van der Waals surface area contributed by atoms with Crippen LogP contribution in [-0.2, 0) is 9.53 Å². The van der Waals surface area contributed by atoms with Crippen LogP contribution in [0.15, 0.2) is 24.5 Å². The van der Waals surface area contributed by atoms with Crippen LogP contribution in [0.3, 0.4) is 0 Å². The molecule has 5 nitrogen and oxygen atoms in total. The van der Waals surface area contributed by atoms with Crippen molar-refractivity contribution in [3.05, 3.63) is 24.5 Å². The van der Waals surface area contributed by atoms with Crippen molar-refractivity contribution in [2.75, 3.05) is 31.7 Å². The normalized spacial score (nSPS) is 22.4. The first-order chi connectivity index (χ1) is 9.24. The van der Waals surface area contributed by atoms with Crippen molar-refractivity contribution in [1.82, 2.24) is 10.3 Å². The smallest absolute Gasteiger partial charge is 0.233 e. The van der Waals surface area contributed by atoms with E-state index in [0.717, 1.165) is 18.7 Å². The van der Waals surface area contributed by atoms with Gasteiger partial charge in [0.15, 0.2) is 0 Å². The number of nitrogens with one attached hydrogen (secondary N) is 1. The molecule has 1 aliphatic heterocycles. The molecule has 1 aromatic heterocycles. The zero-order chi connectivity index (χ0) is 13.7. The van der Waals surface area contributed by atoms with Gasteiger partial charge in [0.25, 0.3) is 0 Å². The van der Waals surface area contributed by atoms with Gasteiger partial charge in [0.05, 0.1) is 31.0 Å². The van der Waals surface area contributed by atoms with Crippen molar-refractivity contribution >= 4 is 11.6 Å². The van der Waals surface area contributed by atoms with Gasteiger partial charge in [-0.15, -0.1) is 0 Å². The van der Waals surface area contributed by atoms with Gasteiger partial charge < -0.3 is 15.0 Å². The van der Waals surface area contributed by atoms with Crippen molar-refractivity contribution < 1.29 is 9.53 Å². The molecule has 1 saturated heterocycles. The number of anilines is 1. The third-order valence-corrected chi connectivity index (χ3v) is 3.42. The predicted octanol–water partition coefficient (Wildman–Crippen LogP) is 1.06. The van der Waals surface area contributed by atoms with Crippen molar-refractivity contribution in [3.63, 3.8) is 0 Å². The maximum atomic E-state index is 12.5. The molecule has 1 N–H and O–H groups in total. The highest BCUT2D eigenvalue weighted by Gasteiger charge is 2.35. The Morgan fingerprint density at radius 3 is 3.11 bits per heavy atom. The van der Waals surface area contributed by atoms with E-state index in [-0.39, 0.29) is 17.9 Å². The fraction of sp³-hybridized carbons (Fsp3) is 0.571. The lowest BCUT2D eigenvalue weighted by atomic mass is 10.0. The highest BCUT2D eigenvalue weighted by atomic mass is 16.5. The first kappa shape index (κ1) is 14.0. The number of carbonyl (C=O) groups excluding carboxylic acids is 1. The molecular formula is C14H21N3O2. The van der Waals surface area contributed by atoms with Crippen molar-refractivity contribution in [2.45, 2.75) is 19.4 Å². The second-order valence-electron chi connectivity index (χ2n) is 4.81. The van der Waals surface area contributed by atoms with Gasteiger partial charge in [-0.1, -0.05) is 6.92 Å². The van der Waals surface area contributed by atoms with E-state index in [1.807, 2.05) is 12.1 Å². The highest BCUT2D eigenvalue weighted by Crippen LogP contribution is 2.20. The van der Waals surface area contributed by atoms with Crippen LogP contribution >= 0.6 is 0 Å². The van der Waals surface area contributed by atoms with E-state index >= 15 is 0 Å². The highest BCUT2D eigenvalue weighted by molar-refractivity contribution is 5.95. The zero-order valence-corrected chi connectivity index (χ0v) is 11.5. The van der Waals surface area contributed by atoms with Crippen molar-refractivity contribution in [2.24, 2.45) is 5.92 Å². The number of nitrogens with zero attached hydrogens (tertiary/aromatic N) is 2. The third kappa shape index (κ3) is 3.30. The number of pyridine rings is 1. The molecule has 1 fully saturated rings. The number of amides is 1. The Kier molecular flexibility index (Phi) is 4.87. The molecule has 104 valence electrons. The second kappa shape index (κ2) is 6.63. The Labute approximate surface area is 114 Å². The van der Waals surface area contributed by atoms with Crippen molar-refractivity contribution in [1.29, 1.82) is 0 Å². The van der Waals surface area contributed by atoms with E-state index < -0.39 is 0 Å². The topological polar surface area (TPSA) is 54.5 Å². The van der Waals surface area contributed by atoms with E-state index in [4.69, 9.17) is 4.74 Å². The molecule has 0 bridgehead atoms. The lowest BCUT2D eigenvalue weighted by Crippen LogP contribution is -2.45. The Hall–Kier alpha value is -1.46. The molecule has 2 atom stereocenters. The number of ether oxygens (including phenoxy) is 1. The van der Waals surface area contributed by atoms with E-state index in [9.17, 15) is 4.79 Å². The quantitative estimate of drug-likeness (QED) is 0.863. The lowest BCUT2D eigenvalue weighted by molar-refractivity contribution is -0.122. The maximum absolute atomic E-state index is 12.5. The summed E-state index contributed by atoms with van der Waals surface area (Å²) >= 11 is 0. The third-order valence-electron chi connectivity index (χ3n) is 3.42. The first-order valence-corrected chi connectivity index (χ1v) is 6.72. The molecule has 0 aliphatic carbocycles. The van der Waals surface area contributed by atoms with Crippen molar-refractivity contribution in [3.8, 4) is 0 Å². The SMILES string of the molecule is CCCNC1COCC1C(=O)N(C)c1cccnc1. The molecule has 1 aliphatic rings. The molecule has 2 heterocycles. The van der Waals surface area contributed by atoms with Crippen LogP contribution in [0.4, 0.5) is 5.69 Å². The summed E-state index contributed by atoms with van der Waals surface area (Å²) in [5.74, 6) is -0.0316. The van der Waals surface area contributed by atoms with Crippen LogP contribution in [0, 0.1) is 5.92 Å². The summed E-state index contributed by atoms with van der Waals surface area (Å²) in [7, 11) is 1.79. The fourth-order valence-corrected chi connectivity index (χ4v) is 2.26. The maximum Gasteiger partial charge on any atom is 0.233 e. The molecule has 19 heavy (non-hydrogen) atoms. The predicted molar refractivity (Wildman–Crippen MR) is 74.0 cm³/mol. The summed E-state index contributed by atoms with van der Waals surface area (Å²) in [6, 6.07) is 3.83. The van der Waals surface area contributed by atoms with Crippen LogP contribution in [-0.4, -0.2) is 43.7 Å². The molecule has 0 radical (unpaired) electrons. The average molecular weight is 263 g/mol. The minimum Gasteiger partial charge on any atom is -0.379 e. The van der Waals surface area contributed by atoms with Crippen LogP contribution in [0.1, 0.15) is 13.3 Å². The number of aromatic nitrogens is 1. The van der Waals surface area contributed by atoms with Gasteiger partial charge in [0.2, 0.25) is 5.91 Å². The number of hydrogen-bond donors (Lipinski definition) is 1. The van der Waals surface area contributed by atoms with E-state index in [1.54, 1.807) is 24.3 Å². The summed E-state index contributed by atoms with van der Waals surface area (Å²) in [6.45, 7) is 4.12. The summed E-state index contributed by atoms with van der Waals surface area (Å²) < 4.78 is 5.45. The summed E-state index contributed by atoms with van der Waals surface area (Å²) in [4.78, 5) is 18.2. The minimum atomic E-state index is -0.114. The molecule has 0 spiro atoms. The number of hydrogen-bond acceptors (Lipinski definition) is 4. The standard InChI is InChI=1S/C14H21N3O2/c1-3-6-16-13-10-19-9-12(13)14(18)17(2)11-5-4-7-15-8-11/h4-5,7-8,12-13,16H,3,6,9-10H2,1-2H3. The molecule has 1 amide bonds. The molecule has 0 saturated carbocycles. The lowest BCUT2D eigenvalue weighted by Gasteiger charge is -2.24. The Morgan fingerprint density at radius 2 is 2.42 bits per heavy atom. The fourth-order valence-electron chi connectivity index (χ4n) is 2.26. The van der Waals surface area contributed by atoms with Gasteiger partial charge in [0.1, 0.15) is 0 Å². The van der Waals surface area contributed by atoms with E-state index in [1.165, 1.54) is 0 Å². The second-order valence-corrected chi connectivity index (χ2v) is 4.81. The molecule has 5 heteroatoms. The summed E-state index contributed by atoms with van der Waals surface area (Å²) in [5, 5.41) is 3.38. The van der Waals surface area contributed by atoms with Crippen LogP contribution in [0.25, 0.3) is 0 Å². The largest absolute Gasteiger partial charge is 0.379 e. The van der Waals surface area contributed by atoms with E-state index in [2.05, 4.69) is 17.2 Å². The van der Waals surface area contributed by atoms with Gasteiger partial charge in [0, 0.05) is 19.3 Å². The monoisotopic (exact) mass is 263 g/mol. The molecule has 1 aromatic rings. The first-order valence-electron chi connectivity index (χ1n) is 6.72. The van der Waals surface area contributed by atoms with Gasteiger partial charge in [-0.3, -0.25) is 9.78 Å². The van der Waals surface area contributed by atoms with Crippen LogP contribution in [0.5, 0.6) is 0 Å². The summed E-state index contributed by atoms with van der Waals surface area (Å²) in [6.07, 6.45) is 4.45. The molecular weight excluding hydrogens is 242 g/mol.